The fourth-order valence-electron chi connectivity index (χ4n) is 2.23. The van der Waals surface area contributed by atoms with E-state index in [1.807, 2.05) is 0 Å². The largest absolute Gasteiger partial charge is 0.477 e. The van der Waals surface area contributed by atoms with E-state index in [0.29, 0.717) is 27.9 Å². The highest BCUT2D eigenvalue weighted by atomic mass is 79.9. The molecule has 0 amide bonds. The number of rotatable bonds is 3. The highest BCUT2D eigenvalue weighted by Crippen LogP contribution is 2.18. The van der Waals surface area contributed by atoms with Gasteiger partial charge in [0.05, 0.1) is 12.1 Å². The molecule has 0 saturated carbocycles. The second-order valence-electron chi connectivity index (χ2n) is 4.53. The van der Waals surface area contributed by atoms with Crippen LogP contribution in [0.15, 0.2) is 56.5 Å². The Morgan fingerprint density at radius 1 is 1.24 bits per heavy atom. The van der Waals surface area contributed by atoms with E-state index in [-0.39, 0.29) is 5.56 Å². The molecule has 0 aliphatic carbocycles. The topological polar surface area (TPSA) is 72.4 Å². The number of furan rings is 1. The lowest BCUT2D eigenvalue weighted by Crippen LogP contribution is -2.19. The summed E-state index contributed by atoms with van der Waals surface area (Å²) in [6.45, 7) is 0.340. The maximum Gasteiger partial charge on any atom is 0.341 e. The van der Waals surface area contributed by atoms with Crippen molar-refractivity contribution < 1.29 is 14.3 Å². The van der Waals surface area contributed by atoms with Crippen LogP contribution in [-0.2, 0) is 6.54 Å². The van der Waals surface area contributed by atoms with Crippen LogP contribution in [0.2, 0.25) is 0 Å². The summed E-state index contributed by atoms with van der Waals surface area (Å²) in [5.74, 6) is -0.577. The van der Waals surface area contributed by atoms with Crippen molar-refractivity contribution in [2.45, 2.75) is 6.54 Å². The summed E-state index contributed by atoms with van der Waals surface area (Å²) in [6, 6.07) is 10.5. The number of pyridine rings is 1. The van der Waals surface area contributed by atoms with Gasteiger partial charge in [-0.25, -0.2) is 4.79 Å². The maximum absolute atomic E-state index is 12.2. The molecule has 0 atom stereocenters. The first kappa shape index (κ1) is 13.6. The summed E-state index contributed by atoms with van der Waals surface area (Å²) in [5, 5.41) is 9.55. The first-order valence-corrected chi connectivity index (χ1v) is 6.95. The van der Waals surface area contributed by atoms with Gasteiger partial charge in [-0.15, -0.1) is 0 Å². The van der Waals surface area contributed by atoms with E-state index in [4.69, 9.17) is 4.42 Å². The van der Waals surface area contributed by atoms with Crippen molar-refractivity contribution in [2.24, 2.45) is 0 Å². The Bertz CT molecular complexity index is 894. The van der Waals surface area contributed by atoms with Gasteiger partial charge in [0.2, 0.25) is 5.43 Å². The molecule has 2 aromatic heterocycles. The summed E-state index contributed by atoms with van der Waals surface area (Å²) in [7, 11) is 0. The van der Waals surface area contributed by atoms with Crippen LogP contribution in [0.1, 0.15) is 16.1 Å². The Kier molecular flexibility index (Phi) is 3.39. The zero-order valence-corrected chi connectivity index (χ0v) is 12.3. The van der Waals surface area contributed by atoms with Crippen LogP contribution < -0.4 is 5.43 Å². The second-order valence-corrected chi connectivity index (χ2v) is 5.31. The minimum absolute atomic E-state index is 0.251. The molecule has 21 heavy (non-hydrogen) atoms. The number of aromatic nitrogens is 1. The molecule has 0 fully saturated rings. The van der Waals surface area contributed by atoms with Crippen LogP contribution in [0.25, 0.3) is 10.9 Å². The number of carboxylic acid groups (broad SMARTS) is 1. The molecule has 5 nitrogen and oxygen atoms in total. The number of fused-ring (bicyclic) bond motifs is 1. The monoisotopic (exact) mass is 347 g/mol. The standard InChI is InChI=1S/C15H10BrNO4/c16-13-6-5-9(21-13)7-17-8-11(15(19)20)14(18)10-3-1-2-4-12(10)17/h1-6,8H,7H2,(H,19,20). The Balaban J connectivity index is 2.23. The molecule has 0 spiro atoms. The number of carboxylic acids is 1. The molecule has 1 aromatic carbocycles. The summed E-state index contributed by atoms with van der Waals surface area (Å²) < 4.78 is 7.74. The fourth-order valence-corrected chi connectivity index (χ4v) is 2.57. The van der Waals surface area contributed by atoms with Gasteiger partial charge in [-0.05, 0) is 40.2 Å². The number of carbonyl (C=O) groups is 1. The lowest BCUT2D eigenvalue weighted by Gasteiger charge is -2.10. The molecular weight excluding hydrogens is 338 g/mol. The van der Waals surface area contributed by atoms with Gasteiger partial charge in [-0.1, -0.05) is 12.1 Å². The predicted octanol–water partition coefficient (Wildman–Crippen LogP) is 3.10. The number of aromatic carboxylic acids is 1. The Morgan fingerprint density at radius 2 is 2.00 bits per heavy atom. The summed E-state index contributed by atoms with van der Waals surface area (Å²) >= 11 is 3.22. The number of para-hydroxylation sites is 1. The fraction of sp³-hybridized carbons (Fsp3) is 0.0667. The van der Waals surface area contributed by atoms with Gasteiger partial charge in [0, 0.05) is 11.6 Å². The van der Waals surface area contributed by atoms with Crippen molar-refractivity contribution in [3.05, 3.63) is 68.8 Å². The normalized spacial score (nSPS) is 10.9. The smallest absolute Gasteiger partial charge is 0.341 e. The van der Waals surface area contributed by atoms with Crippen molar-refractivity contribution in [3.8, 4) is 0 Å². The number of nitrogens with zero attached hydrogens (tertiary/aromatic N) is 1. The molecule has 0 aliphatic rings. The Hall–Kier alpha value is -2.34. The van der Waals surface area contributed by atoms with Gasteiger partial charge in [0.15, 0.2) is 4.67 Å². The van der Waals surface area contributed by atoms with Crippen LogP contribution in [-0.4, -0.2) is 15.6 Å². The second kappa shape index (κ2) is 5.21. The molecule has 0 unspecified atom stereocenters. The lowest BCUT2D eigenvalue weighted by atomic mass is 10.1. The molecule has 0 radical (unpaired) electrons. The third kappa shape index (κ3) is 2.50. The Labute approximate surface area is 127 Å². The molecule has 2 heterocycles. The third-order valence-corrected chi connectivity index (χ3v) is 3.60. The van der Waals surface area contributed by atoms with E-state index in [0.717, 1.165) is 0 Å². The molecule has 0 bridgehead atoms. The molecular formula is C15H10BrNO4. The number of benzene rings is 1. The van der Waals surface area contributed by atoms with Crippen LogP contribution in [0.5, 0.6) is 0 Å². The van der Waals surface area contributed by atoms with Crippen molar-refractivity contribution in [1.29, 1.82) is 0 Å². The minimum Gasteiger partial charge on any atom is -0.477 e. The van der Waals surface area contributed by atoms with Crippen molar-refractivity contribution in [3.63, 3.8) is 0 Å². The Morgan fingerprint density at radius 3 is 2.67 bits per heavy atom. The molecule has 6 heteroatoms. The molecule has 3 aromatic rings. The van der Waals surface area contributed by atoms with Crippen LogP contribution in [0.3, 0.4) is 0 Å². The van der Waals surface area contributed by atoms with Gasteiger partial charge < -0.3 is 14.1 Å². The number of halogens is 1. The van der Waals surface area contributed by atoms with Crippen molar-refractivity contribution in [1.82, 2.24) is 4.57 Å². The van der Waals surface area contributed by atoms with Crippen LogP contribution >= 0.6 is 15.9 Å². The first-order chi connectivity index (χ1) is 10.1. The SMILES string of the molecule is O=C(O)c1cn(Cc2ccc(Br)o2)c2ccccc2c1=O. The average Bonchev–Trinajstić information content (AvgIpc) is 2.87. The van der Waals surface area contributed by atoms with Crippen LogP contribution in [0, 0.1) is 0 Å². The molecule has 0 aliphatic heterocycles. The van der Waals surface area contributed by atoms with Gasteiger partial charge in [-0.2, -0.15) is 0 Å². The van der Waals surface area contributed by atoms with E-state index in [1.165, 1.54) is 6.20 Å². The van der Waals surface area contributed by atoms with Gasteiger partial charge in [-0.3, -0.25) is 4.79 Å². The third-order valence-electron chi connectivity index (χ3n) is 3.17. The van der Waals surface area contributed by atoms with E-state index >= 15 is 0 Å². The molecule has 3 rings (SSSR count). The van der Waals surface area contributed by atoms with E-state index in [9.17, 15) is 14.7 Å². The van der Waals surface area contributed by atoms with E-state index in [2.05, 4.69) is 15.9 Å². The quantitative estimate of drug-likeness (QED) is 0.790. The molecule has 1 N–H and O–H groups in total. The lowest BCUT2D eigenvalue weighted by molar-refractivity contribution is 0.0695. The predicted molar refractivity (Wildman–Crippen MR) is 80.7 cm³/mol. The number of hydrogen-bond acceptors (Lipinski definition) is 3. The average molecular weight is 348 g/mol. The summed E-state index contributed by atoms with van der Waals surface area (Å²) in [4.78, 5) is 23.4. The van der Waals surface area contributed by atoms with Gasteiger partial charge in [0.25, 0.3) is 0 Å². The summed E-state index contributed by atoms with van der Waals surface area (Å²) in [6.07, 6.45) is 1.35. The highest BCUT2D eigenvalue weighted by Gasteiger charge is 2.14. The van der Waals surface area contributed by atoms with Crippen molar-refractivity contribution >= 4 is 32.8 Å². The van der Waals surface area contributed by atoms with Crippen LogP contribution in [0.4, 0.5) is 0 Å². The highest BCUT2D eigenvalue weighted by molar-refractivity contribution is 9.10. The van der Waals surface area contributed by atoms with Gasteiger partial charge in [0.1, 0.15) is 11.3 Å². The maximum atomic E-state index is 12.2. The van der Waals surface area contributed by atoms with E-state index in [1.54, 1.807) is 41.0 Å². The minimum atomic E-state index is -1.24. The zero-order valence-electron chi connectivity index (χ0n) is 10.7. The molecule has 0 saturated heterocycles. The number of hydrogen-bond donors (Lipinski definition) is 1. The van der Waals surface area contributed by atoms with Crippen molar-refractivity contribution in [2.75, 3.05) is 0 Å². The zero-order chi connectivity index (χ0) is 15.0. The summed E-state index contributed by atoms with van der Waals surface area (Å²) in [5.41, 5.74) is -0.0608. The first-order valence-electron chi connectivity index (χ1n) is 6.16. The van der Waals surface area contributed by atoms with E-state index < -0.39 is 11.4 Å². The van der Waals surface area contributed by atoms with Gasteiger partial charge >= 0.3 is 5.97 Å². The molecule has 106 valence electrons.